The molecule has 1 heterocycles. The molecule has 4 heteroatoms. The number of carboxylic acid groups (broad SMARTS) is 1. The van der Waals surface area contributed by atoms with E-state index < -0.39 is 11.9 Å². The van der Waals surface area contributed by atoms with Gasteiger partial charge in [-0.1, -0.05) is 13.8 Å². The Morgan fingerprint density at radius 3 is 2.33 bits per heavy atom. The fraction of sp³-hybridized carbons (Fsp3) is 0.636. The molecule has 0 spiro atoms. The zero-order valence-corrected chi connectivity index (χ0v) is 9.64. The van der Waals surface area contributed by atoms with Crippen molar-refractivity contribution in [2.24, 2.45) is 5.92 Å². The van der Waals surface area contributed by atoms with E-state index in [2.05, 4.69) is 5.10 Å². The minimum absolute atomic E-state index is 0.0762. The lowest BCUT2D eigenvalue weighted by Gasteiger charge is -2.13. The Morgan fingerprint density at radius 2 is 2.00 bits per heavy atom. The van der Waals surface area contributed by atoms with Gasteiger partial charge in [0.05, 0.1) is 12.1 Å². The van der Waals surface area contributed by atoms with Crippen LogP contribution in [0.3, 0.4) is 0 Å². The number of aliphatic carboxylic acids is 1. The van der Waals surface area contributed by atoms with Crippen LogP contribution < -0.4 is 0 Å². The summed E-state index contributed by atoms with van der Waals surface area (Å²) >= 11 is 0. The molecule has 1 rings (SSSR count). The second-order valence-corrected chi connectivity index (χ2v) is 4.41. The van der Waals surface area contributed by atoms with Crippen molar-refractivity contribution in [1.29, 1.82) is 0 Å². The zero-order chi connectivity index (χ0) is 11.6. The molecule has 0 aliphatic heterocycles. The molecule has 84 valence electrons. The van der Waals surface area contributed by atoms with E-state index in [9.17, 15) is 4.79 Å². The minimum Gasteiger partial charge on any atom is -0.481 e. The highest BCUT2D eigenvalue weighted by Crippen LogP contribution is 2.24. The fourth-order valence-corrected chi connectivity index (χ4v) is 1.61. The van der Waals surface area contributed by atoms with Crippen molar-refractivity contribution in [2.45, 2.75) is 39.7 Å². The Balaban J connectivity index is 2.97. The van der Waals surface area contributed by atoms with Gasteiger partial charge in [0, 0.05) is 17.8 Å². The van der Waals surface area contributed by atoms with E-state index in [1.54, 1.807) is 10.9 Å². The van der Waals surface area contributed by atoms with Crippen LogP contribution in [0.1, 0.15) is 45.2 Å². The van der Waals surface area contributed by atoms with Crippen molar-refractivity contribution in [1.82, 2.24) is 9.78 Å². The van der Waals surface area contributed by atoms with Crippen LogP contribution in [0.5, 0.6) is 0 Å². The van der Waals surface area contributed by atoms with Gasteiger partial charge >= 0.3 is 5.97 Å². The third-order valence-corrected chi connectivity index (χ3v) is 2.44. The van der Waals surface area contributed by atoms with Gasteiger partial charge in [0.15, 0.2) is 0 Å². The number of carbonyl (C=O) groups is 1. The number of hydrogen-bond acceptors (Lipinski definition) is 2. The van der Waals surface area contributed by atoms with Gasteiger partial charge in [-0.15, -0.1) is 0 Å². The van der Waals surface area contributed by atoms with Crippen molar-refractivity contribution in [3.8, 4) is 0 Å². The van der Waals surface area contributed by atoms with Gasteiger partial charge in [0.2, 0.25) is 0 Å². The maximum atomic E-state index is 11.1. The Bertz CT molecular complexity index is 342. The van der Waals surface area contributed by atoms with Crippen LogP contribution in [0.4, 0.5) is 0 Å². The number of nitrogens with zero attached hydrogens (tertiary/aromatic N) is 2. The predicted octanol–water partition coefficient (Wildman–Crippen LogP) is 2.29. The molecule has 0 saturated carbocycles. The summed E-state index contributed by atoms with van der Waals surface area (Å²) in [6.07, 6.45) is 3.47. The second-order valence-electron chi connectivity index (χ2n) is 4.41. The lowest BCUT2D eigenvalue weighted by molar-refractivity contribution is -0.139. The fourth-order valence-electron chi connectivity index (χ4n) is 1.61. The van der Waals surface area contributed by atoms with Crippen molar-refractivity contribution >= 4 is 5.97 Å². The van der Waals surface area contributed by atoms with E-state index in [1.165, 1.54) is 0 Å². The average Bonchev–Trinajstić information content (AvgIpc) is 2.51. The molecule has 0 radical (unpaired) electrons. The van der Waals surface area contributed by atoms with Gasteiger partial charge in [0.25, 0.3) is 0 Å². The minimum atomic E-state index is -0.784. The molecule has 1 unspecified atom stereocenters. The molecule has 0 fully saturated rings. The van der Waals surface area contributed by atoms with E-state index in [-0.39, 0.29) is 12.0 Å². The molecule has 0 saturated heterocycles. The summed E-state index contributed by atoms with van der Waals surface area (Å²) in [6, 6.07) is 0.264. The van der Waals surface area contributed by atoms with E-state index in [4.69, 9.17) is 5.11 Å². The largest absolute Gasteiger partial charge is 0.481 e. The first kappa shape index (κ1) is 11.8. The number of rotatable bonds is 4. The summed E-state index contributed by atoms with van der Waals surface area (Å²) in [5.74, 6) is -1.17. The van der Waals surface area contributed by atoms with E-state index in [0.717, 1.165) is 5.56 Å². The van der Waals surface area contributed by atoms with E-state index in [0.29, 0.717) is 0 Å². The molecule has 15 heavy (non-hydrogen) atoms. The highest BCUT2D eigenvalue weighted by Gasteiger charge is 2.25. The van der Waals surface area contributed by atoms with Gasteiger partial charge in [0.1, 0.15) is 0 Å². The molecule has 0 bridgehead atoms. The highest BCUT2D eigenvalue weighted by molar-refractivity contribution is 5.76. The van der Waals surface area contributed by atoms with Gasteiger partial charge in [-0.05, 0) is 19.8 Å². The van der Waals surface area contributed by atoms with Crippen molar-refractivity contribution in [2.75, 3.05) is 0 Å². The van der Waals surface area contributed by atoms with Crippen LogP contribution in [-0.2, 0) is 4.79 Å². The average molecular weight is 210 g/mol. The summed E-state index contributed by atoms with van der Waals surface area (Å²) in [4.78, 5) is 11.1. The molecule has 1 aromatic rings. The Labute approximate surface area is 89.9 Å². The summed E-state index contributed by atoms with van der Waals surface area (Å²) in [5.41, 5.74) is 0.784. The summed E-state index contributed by atoms with van der Waals surface area (Å²) in [7, 11) is 0. The van der Waals surface area contributed by atoms with Crippen LogP contribution in [0, 0.1) is 5.92 Å². The number of hydrogen-bond donors (Lipinski definition) is 1. The lowest BCUT2D eigenvalue weighted by Crippen LogP contribution is -2.16. The van der Waals surface area contributed by atoms with Gasteiger partial charge in [-0.25, -0.2) is 0 Å². The van der Waals surface area contributed by atoms with Crippen LogP contribution in [-0.4, -0.2) is 20.9 Å². The summed E-state index contributed by atoms with van der Waals surface area (Å²) in [6.45, 7) is 7.85. The van der Waals surface area contributed by atoms with Crippen LogP contribution >= 0.6 is 0 Å². The Hall–Kier alpha value is -1.32. The van der Waals surface area contributed by atoms with Gasteiger partial charge in [-0.3, -0.25) is 9.48 Å². The van der Waals surface area contributed by atoms with Gasteiger partial charge < -0.3 is 5.11 Å². The number of aromatic nitrogens is 2. The van der Waals surface area contributed by atoms with Crippen LogP contribution in [0.2, 0.25) is 0 Å². The molecule has 0 aromatic carbocycles. The standard InChI is InChI=1S/C11H18N2O2/c1-7(2)10(11(14)15)9-5-12-13(6-9)8(3)4/h5-8,10H,1-4H3,(H,14,15). The predicted molar refractivity (Wildman–Crippen MR) is 57.8 cm³/mol. The topological polar surface area (TPSA) is 55.1 Å². The summed E-state index contributed by atoms with van der Waals surface area (Å²) in [5, 5.41) is 13.3. The molecule has 1 aromatic heterocycles. The maximum Gasteiger partial charge on any atom is 0.311 e. The smallest absolute Gasteiger partial charge is 0.311 e. The Kier molecular flexibility index (Phi) is 3.50. The maximum absolute atomic E-state index is 11.1. The normalized spacial score (nSPS) is 13.5. The zero-order valence-electron chi connectivity index (χ0n) is 9.64. The molecule has 0 amide bonds. The quantitative estimate of drug-likeness (QED) is 0.829. The molecule has 1 N–H and O–H groups in total. The second kappa shape index (κ2) is 4.47. The molecule has 0 aliphatic carbocycles. The van der Waals surface area contributed by atoms with Crippen molar-refractivity contribution < 1.29 is 9.90 Å². The molecular formula is C11H18N2O2. The van der Waals surface area contributed by atoms with Crippen molar-refractivity contribution in [3.63, 3.8) is 0 Å². The summed E-state index contributed by atoms with van der Waals surface area (Å²) < 4.78 is 1.79. The molecular weight excluding hydrogens is 192 g/mol. The van der Waals surface area contributed by atoms with E-state index in [1.807, 2.05) is 33.9 Å². The monoisotopic (exact) mass is 210 g/mol. The number of carboxylic acids is 1. The first-order valence-corrected chi connectivity index (χ1v) is 5.20. The van der Waals surface area contributed by atoms with Crippen LogP contribution in [0.15, 0.2) is 12.4 Å². The molecule has 0 aliphatic rings. The van der Waals surface area contributed by atoms with E-state index >= 15 is 0 Å². The molecule has 4 nitrogen and oxygen atoms in total. The molecule has 1 atom stereocenters. The third kappa shape index (κ3) is 2.58. The van der Waals surface area contributed by atoms with Crippen molar-refractivity contribution in [3.05, 3.63) is 18.0 Å². The third-order valence-electron chi connectivity index (χ3n) is 2.44. The first-order valence-electron chi connectivity index (χ1n) is 5.20. The van der Waals surface area contributed by atoms with Crippen LogP contribution in [0.25, 0.3) is 0 Å². The SMILES string of the molecule is CC(C)C(C(=O)O)c1cnn(C(C)C)c1. The lowest BCUT2D eigenvalue weighted by atomic mass is 9.91. The van der Waals surface area contributed by atoms with Gasteiger partial charge in [-0.2, -0.15) is 5.10 Å². The first-order chi connectivity index (χ1) is 6.93. The highest BCUT2D eigenvalue weighted by atomic mass is 16.4. The Morgan fingerprint density at radius 1 is 1.40 bits per heavy atom.